The maximum Gasteiger partial charge on any atom is 0.313 e. The molecule has 3 aromatic rings. The zero-order valence-corrected chi connectivity index (χ0v) is 20.4. The lowest BCUT2D eigenvalue weighted by molar-refractivity contribution is -0.160. The molecule has 1 atom stereocenters. The van der Waals surface area contributed by atoms with Gasteiger partial charge in [0.05, 0.1) is 13.7 Å². The van der Waals surface area contributed by atoms with Crippen LogP contribution in [-0.2, 0) is 26.5 Å². The molecule has 0 aliphatic heterocycles. The Hall–Kier alpha value is -4.13. The number of benzene rings is 3. The number of para-hydroxylation sites is 2. The highest BCUT2D eigenvalue weighted by atomic mass is 16.5. The number of carbonyl (C=O) groups excluding carboxylic acids is 3. The summed E-state index contributed by atoms with van der Waals surface area (Å²) in [6.07, 6.45) is 0. The third-order valence-corrected chi connectivity index (χ3v) is 6.03. The number of methoxy groups -OCH3 is 1. The van der Waals surface area contributed by atoms with Crippen LogP contribution < -0.4 is 15.8 Å². The number of hydrogen-bond donors (Lipinski definition) is 2. The summed E-state index contributed by atoms with van der Waals surface area (Å²) in [6, 6.07) is 24.7. The van der Waals surface area contributed by atoms with Crippen molar-refractivity contribution in [3.05, 3.63) is 96.1 Å². The third-order valence-electron chi connectivity index (χ3n) is 6.03. The van der Waals surface area contributed by atoms with Gasteiger partial charge in [-0.3, -0.25) is 14.4 Å². The molecule has 0 spiro atoms. The van der Waals surface area contributed by atoms with Crippen LogP contribution >= 0.6 is 0 Å². The first-order valence-electron chi connectivity index (χ1n) is 11.3. The van der Waals surface area contributed by atoms with E-state index in [1.807, 2.05) is 26.8 Å². The first kappa shape index (κ1) is 25.5. The van der Waals surface area contributed by atoms with Gasteiger partial charge in [0.25, 0.3) is 0 Å². The van der Waals surface area contributed by atoms with Gasteiger partial charge in [-0.1, -0.05) is 87.5 Å². The van der Waals surface area contributed by atoms with E-state index in [1.165, 1.54) is 12.0 Å². The van der Waals surface area contributed by atoms with Crippen LogP contribution in [0.5, 0.6) is 5.75 Å². The summed E-state index contributed by atoms with van der Waals surface area (Å²) in [5.74, 6) is -1.99. The Bertz CT molecular complexity index is 1190. The number of primary amides is 1. The normalized spacial score (nSPS) is 12.8. The van der Waals surface area contributed by atoms with Crippen molar-refractivity contribution < 1.29 is 19.1 Å². The van der Waals surface area contributed by atoms with Gasteiger partial charge in [0.1, 0.15) is 5.75 Å². The summed E-state index contributed by atoms with van der Waals surface area (Å²) in [4.78, 5) is 41.8. The predicted molar refractivity (Wildman–Crippen MR) is 135 cm³/mol. The van der Waals surface area contributed by atoms with E-state index in [-0.39, 0.29) is 6.54 Å². The first-order chi connectivity index (χ1) is 16.6. The molecule has 0 bridgehead atoms. The molecule has 0 aliphatic carbocycles. The topological polar surface area (TPSA) is 102 Å². The number of rotatable bonds is 7. The molecule has 35 heavy (non-hydrogen) atoms. The van der Waals surface area contributed by atoms with Gasteiger partial charge in [-0.25, -0.2) is 0 Å². The van der Waals surface area contributed by atoms with Gasteiger partial charge < -0.3 is 20.7 Å². The molecule has 0 fully saturated rings. The van der Waals surface area contributed by atoms with Gasteiger partial charge in [0, 0.05) is 11.3 Å². The van der Waals surface area contributed by atoms with Crippen molar-refractivity contribution in [1.82, 2.24) is 4.90 Å². The molecule has 0 heterocycles. The standard InChI is InChI=1S/C28H31N3O4/c1-27(2,3)28(26(29)34,21-14-7-5-8-15-21)31(19-20-13-11-12-18-23(20)35-4)25(33)24(32)30-22-16-9-6-10-17-22/h5-18H,19H2,1-4H3,(H2,29,34)(H,30,32). The number of amides is 3. The summed E-state index contributed by atoms with van der Waals surface area (Å²) >= 11 is 0. The predicted octanol–water partition coefficient (Wildman–Crippen LogP) is 4.09. The van der Waals surface area contributed by atoms with Gasteiger partial charge in [0.2, 0.25) is 5.91 Å². The highest BCUT2D eigenvalue weighted by Gasteiger charge is 2.56. The van der Waals surface area contributed by atoms with Crippen molar-refractivity contribution in [2.75, 3.05) is 12.4 Å². The fraction of sp³-hybridized carbons (Fsp3) is 0.250. The second-order valence-corrected chi connectivity index (χ2v) is 9.21. The van der Waals surface area contributed by atoms with E-state index < -0.39 is 28.7 Å². The maximum atomic E-state index is 13.9. The molecule has 0 radical (unpaired) electrons. The van der Waals surface area contributed by atoms with Crippen molar-refractivity contribution in [3.8, 4) is 5.75 Å². The minimum atomic E-state index is -1.65. The van der Waals surface area contributed by atoms with Crippen molar-refractivity contribution in [2.24, 2.45) is 11.1 Å². The van der Waals surface area contributed by atoms with Crippen molar-refractivity contribution >= 4 is 23.4 Å². The van der Waals surface area contributed by atoms with Crippen LogP contribution in [-0.4, -0.2) is 29.7 Å². The van der Waals surface area contributed by atoms with Crippen molar-refractivity contribution in [2.45, 2.75) is 32.9 Å². The monoisotopic (exact) mass is 473 g/mol. The Labute approximate surface area is 205 Å². The zero-order chi connectivity index (χ0) is 25.6. The number of ether oxygens (including phenoxy) is 1. The Kier molecular flexibility index (Phi) is 7.59. The number of nitrogens with one attached hydrogen (secondary N) is 1. The molecule has 1 unspecified atom stereocenters. The molecule has 3 N–H and O–H groups in total. The molecular formula is C28H31N3O4. The lowest BCUT2D eigenvalue weighted by Gasteiger charge is -2.50. The van der Waals surface area contributed by atoms with Gasteiger partial charge in [-0.2, -0.15) is 0 Å². The molecule has 3 aromatic carbocycles. The van der Waals surface area contributed by atoms with Gasteiger partial charge in [0.15, 0.2) is 5.54 Å². The minimum absolute atomic E-state index is 0.0832. The molecule has 3 rings (SSSR count). The molecule has 0 saturated carbocycles. The van der Waals surface area contributed by atoms with Crippen LogP contribution in [0, 0.1) is 5.41 Å². The van der Waals surface area contributed by atoms with Crippen LogP contribution in [0.3, 0.4) is 0 Å². The molecule has 7 nitrogen and oxygen atoms in total. The number of hydrogen-bond acceptors (Lipinski definition) is 4. The highest BCUT2D eigenvalue weighted by molar-refractivity contribution is 6.40. The van der Waals surface area contributed by atoms with Crippen LogP contribution in [0.4, 0.5) is 5.69 Å². The summed E-state index contributed by atoms with van der Waals surface area (Å²) in [6.45, 7) is 5.38. The number of nitrogens with two attached hydrogens (primary N) is 1. The van der Waals surface area contributed by atoms with Gasteiger partial charge >= 0.3 is 11.8 Å². The van der Waals surface area contributed by atoms with Gasteiger partial charge in [-0.05, 0) is 29.2 Å². The van der Waals surface area contributed by atoms with E-state index in [2.05, 4.69) is 5.32 Å². The first-order valence-corrected chi connectivity index (χ1v) is 11.3. The second kappa shape index (κ2) is 10.4. The molecular weight excluding hydrogens is 442 g/mol. The summed E-state index contributed by atoms with van der Waals surface area (Å²) < 4.78 is 5.49. The smallest absolute Gasteiger partial charge is 0.313 e. The second-order valence-electron chi connectivity index (χ2n) is 9.21. The highest BCUT2D eigenvalue weighted by Crippen LogP contribution is 2.46. The van der Waals surface area contributed by atoms with Crippen LogP contribution in [0.1, 0.15) is 31.9 Å². The lowest BCUT2D eigenvalue weighted by atomic mass is 9.67. The Morgan fingerprint density at radius 2 is 1.40 bits per heavy atom. The van der Waals surface area contributed by atoms with Crippen LogP contribution in [0.25, 0.3) is 0 Å². The van der Waals surface area contributed by atoms with E-state index in [0.717, 1.165) is 0 Å². The van der Waals surface area contributed by atoms with E-state index in [1.54, 1.807) is 78.9 Å². The third kappa shape index (κ3) is 5.04. The average molecular weight is 474 g/mol. The maximum absolute atomic E-state index is 13.9. The minimum Gasteiger partial charge on any atom is -0.496 e. The number of anilines is 1. The van der Waals surface area contributed by atoms with Crippen molar-refractivity contribution in [1.29, 1.82) is 0 Å². The quantitative estimate of drug-likeness (QED) is 0.505. The Morgan fingerprint density at radius 1 is 0.857 bits per heavy atom. The molecule has 0 aromatic heterocycles. The molecule has 0 saturated heterocycles. The van der Waals surface area contributed by atoms with E-state index >= 15 is 0 Å². The fourth-order valence-electron chi connectivity index (χ4n) is 4.49. The van der Waals surface area contributed by atoms with Gasteiger partial charge in [-0.15, -0.1) is 0 Å². The van der Waals surface area contributed by atoms with E-state index in [4.69, 9.17) is 10.5 Å². The number of carbonyl (C=O) groups is 3. The fourth-order valence-corrected chi connectivity index (χ4v) is 4.49. The lowest BCUT2D eigenvalue weighted by Crippen LogP contribution is -2.64. The molecule has 0 aliphatic rings. The molecule has 3 amide bonds. The Morgan fingerprint density at radius 3 is 1.94 bits per heavy atom. The summed E-state index contributed by atoms with van der Waals surface area (Å²) in [7, 11) is 1.52. The number of nitrogens with zero attached hydrogens (tertiary/aromatic N) is 1. The average Bonchev–Trinajstić information content (AvgIpc) is 2.84. The molecule has 7 heteroatoms. The molecule has 182 valence electrons. The SMILES string of the molecule is COc1ccccc1CN(C(=O)C(=O)Nc1ccccc1)C(C(N)=O)(c1ccccc1)C(C)(C)C. The summed E-state index contributed by atoms with van der Waals surface area (Å²) in [5, 5.41) is 2.64. The Balaban J connectivity index is 2.22. The van der Waals surface area contributed by atoms with Crippen LogP contribution in [0.2, 0.25) is 0 Å². The summed E-state index contributed by atoms with van der Waals surface area (Å²) in [5.41, 5.74) is 5.17. The van der Waals surface area contributed by atoms with Crippen molar-refractivity contribution in [3.63, 3.8) is 0 Å². The van der Waals surface area contributed by atoms with Crippen LogP contribution in [0.15, 0.2) is 84.9 Å². The van der Waals surface area contributed by atoms with E-state index in [0.29, 0.717) is 22.6 Å². The van der Waals surface area contributed by atoms with E-state index in [9.17, 15) is 14.4 Å². The largest absolute Gasteiger partial charge is 0.496 e. The zero-order valence-electron chi connectivity index (χ0n) is 20.4.